The highest BCUT2D eigenvalue weighted by atomic mass is 16.4. The first-order valence-electron chi connectivity index (χ1n) is 7.02. The lowest BCUT2D eigenvalue weighted by Crippen LogP contribution is -2.70. The van der Waals surface area contributed by atoms with Gasteiger partial charge in [0.15, 0.2) is 5.78 Å². The summed E-state index contributed by atoms with van der Waals surface area (Å²) in [6, 6.07) is -3.29. The van der Waals surface area contributed by atoms with Crippen LogP contribution >= 0.6 is 0 Å². The van der Waals surface area contributed by atoms with Gasteiger partial charge in [-0.2, -0.15) is 0 Å². The minimum Gasteiger partial charge on any atom is -0.480 e. The summed E-state index contributed by atoms with van der Waals surface area (Å²) in [5.41, 5.74) is 0. The molecule has 3 aliphatic rings. The van der Waals surface area contributed by atoms with Gasteiger partial charge in [0.1, 0.15) is 12.1 Å². The number of rotatable bonds is 2. The second-order valence-corrected chi connectivity index (χ2v) is 5.93. The van der Waals surface area contributed by atoms with Crippen molar-refractivity contribution in [3.05, 3.63) is 0 Å². The first kappa shape index (κ1) is 13.5. The summed E-state index contributed by atoms with van der Waals surface area (Å²) in [6.07, 6.45) is 3.78. The molecule has 0 bridgehead atoms. The zero-order valence-corrected chi connectivity index (χ0v) is 10.9. The van der Waals surface area contributed by atoms with E-state index in [4.69, 9.17) is 5.11 Å². The van der Waals surface area contributed by atoms with E-state index in [1.54, 1.807) is 0 Å². The van der Waals surface area contributed by atoms with Gasteiger partial charge in [0, 0.05) is 12.0 Å². The number of ketones is 1. The molecule has 2 saturated carbocycles. The van der Waals surface area contributed by atoms with E-state index in [-0.39, 0.29) is 23.7 Å². The van der Waals surface area contributed by atoms with Gasteiger partial charge in [-0.15, -0.1) is 0 Å². The molecule has 1 saturated heterocycles. The van der Waals surface area contributed by atoms with Crippen molar-refractivity contribution in [3.8, 4) is 0 Å². The Morgan fingerprint density at radius 2 is 1.60 bits per heavy atom. The molecule has 1 heterocycles. The first-order valence-corrected chi connectivity index (χ1v) is 7.02. The van der Waals surface area contributed by atoms with E-state index in [1.165, 1.54) is 0 Å². The standard InChI is InChI=1S/C13H18N2O5/c16-11-6-4-2-1-3-5(6)7-8(11)15-10(13(19)20)9(14-7)12(17)18/h5-10,14-15H,1-4H2,(H,17,18)(H,19,20). The Balaban J connectivity index is 1.88. The lowest BCUT2D eigenvalue weighted by atomic mass is 9.79. The van der Waals surface area contributed by atoms with E-state index in [0.29, 0.717) is 0 Å². The summed E-state index contributed by atoms with van der Waals surface area (Å²) in [4.78, 5) is 34.8. The molecule has 20 heavy (non-hydrogen) atoms. The Labute approximate surface area is 115 Å². The monoisotopic (exact) mass is 282 g/mol. The molecule has 7 nitrogen and oxygen atoms in total. The normalized spacial score (nSPS) is 43.7. The summed E-state index contributed by atoms with van der Waals surface area (Å²) >= 11 is 0. The molecular weight excluding hydrogens is 264 g/mol. The van der Waals surface area contributed by atoms with Gasteiger partial charge in [-0.1, -0.05) is 12.8 Å². The molecule has 3 fully saturated rings. The Morgan fingerprint density at radius 1 is 1.00 bits per heavy atom. The second-order valence-electron chi connectivity index (χ2n) is 5.93. The largest absolute Gasteiger partial charge is 0.480 e. The molecule has 6 unspecified atom stereocenters. The second kappa shape index (κ2) is 4.82. The van der Waals surface area contributed by atoms with Gasteiger partial charge in [0.25, 0.3) is 0 Å². The number of nitrogens with one attached hydrogen (secondary N) is 2. The molecule has 0 amide bonds. The predicted octanol–water partition coefficient (Wildman–Crippen LogP) is -0.788. The van der Waals surface area contributed by atoms with Crippen molar-refractivity contribution in [2.75, 3.05) is 0 Å². The minimum atomic E-state index is -1.27. The quantitative estimate of drug-likeness (QED) is 0.524. The summed E-state index contributed by atoms with van der Waals surface area (Å²) in [6.45, 7) is 0. The van der Waals surface area contributed by atoms with Gasteiger partial charge in [-0.25, -0.2) is 0 Å². The van der Waals surface area contributed by atoms with Gasteiger partial charge in [-0.3, -0.25) is 25.0 Å². The third-order valence-corrected chi connectivity index (χ3v) is 4.91. The number of hydrogen-bond acceptors (Lipinski definition) is 5. The van der Waals surface area contributed by atoms with Crippen LogP contribution in [0.1, 0.15) is 25.7 Å². The van der Waals surface area contributed by atoms with Gasteiger partial charge < -0.3 is 10.2 Å². The number of carboxylic acid groups (broad SMARTS) is 2. The number of fused-ring (bicyclic) bond motifs is 3. The third kappa shape index (κ3) is 1.92. The van der Waals surface area contributed by atoms with Crippen molar-refractivity contribution in [3.63, 3.8) is 0 Å². The van der Waals surface area contributed by atoms with Crippen molar-refractivity contribution in [2.45, 2.75) is 49.9 Å². The van der Waals surface area contributed by atoms with E-state index in [9.17, 15) is 19.5 Å². The van der Waals surface area contributed by atoms with Crippen LogP contribution in [0.15, 0.2) is 0 Å². The minimum absolute atomic E-state index is 0.0438. The maximum atomic E-state index is 12.4. The van der Waals surface area contributed by atoms with Gasteiger partial charge in [-0.05, 0) is 18.8 Å². The van der Waals surface area contributed by atoms with Gasteiger partial charge in [0.05, 0.1) is 6.04 Å². The number of aliphatic carboxylic acids is 2. The van der Waals surface area contributed by atoms with Crippen LogP contribution in [0, 0.1) is 11.8 Å². The maximum absolute atomic E-state index is 12.4. The van der Waals surface area contributed by atoms with Crippen LogP contribution in [0.4, 0.5) is 0 Å². The Hall–Kier alpha value is -1.47. The number of hydrogen-bond donors (Lipinski definition) is 4. The highest BCUT2D eigenvalue weighted by molar-refractivity contribution is 5.93. The molecule has 4 N–H and O–H groups in total. The van der Waals surface area contributed by atoms with Crippen molar-refractivity contribution in [2.24, 2.45) is 11.8 Å². The SMILES string of the molecule is O=C(O)C1NC2C(=O)C3CCCCC3C2NC1C(=O)O. The Morgan fingerprint density at radius 3 is 2.25 bits per heavy atom. The molecule has 0 radical (unpaired) electrons. The van der Waals surface area contributed by atoms with Crippen molar-refractivity contribution in [1.29, 1.82) is 0 Å². The van der Waals surface area contributed by atoms with Crippen LogP contribution in [0.2, 0.25) is 0 Å². The van der Waals surface area contributed by atoms with E-state index in [2.05, 4.69) is 10.6 Å². The lowest BCUT2D eigenvalue weighted by molar-refractivity contribution is -0.150. The first-order chi connectivity index (χ1) is 9.50. The molecule has 0 aromatic heterocycles. The third-order valence-electron chi connectivity index (χ3n) is 4.91. The van der Waals surface area contributed by atoms with Gasteiger partial charge >= 0.3 is 11.9 Å². The number of carbonyl (C=O) groups excluding carboxylic acids is 1. The van der Waals surface area contributed by atoms with Crippen LogP contribution < -0.4 is 10.6 Å². The Kier molecular flexibility index (Phi) is 3.25. The van der Waals surface area contributed by atoms with Crippen LogP contribution in [-0.4, -0.2) is 52.1 Å². The number of carboxylic acids is 2. The van der Waals surface area contributed by atoms with Crippen LogP contribution in [0.3, 0.4) is 0 Å². The molecular formula is C13H18N2O5. The van der Waals surface area contributed by atoms with Crippen molar-refractivity contribution >= 4 is 17.7 Å². The zero-order chi connectivity index (χ0) is 14.4. The average Bonchev–Trinajstić information content (AvgIpc) is 2.71. The molecule has 1 aliphatic heterocycles. The molecule has 6 atom stereocenters. The molecule has 0 aromatic carbocycles. The average molecular weight is 282 g/mol. The number of Topliss-reactive ketones (excluding diaryl/α,β-unsaturated/α-hetero) is 1. The van der Waals surface area contributed by atoms with E-state index in [0.717, 1.165) is 25.7 Å². The smallest absolute Gasteiger partial charge is 0.322 e. The van der Waals surface area contributed by atoms with Crippen LogP contribution in [-0.2, 0) is 14.4 Å². The molecule has 3 rings (SSSR count). The number of piperazine rings is 1. The summed E-state index contributed by atoms with van der Waals surface area (Å²) in [5.74, 6) is -2.32. The fourth-order valence-electron chi connectivity index (χ4n) is 4.02. The van der Waals surface area contributed by atoms with E-state index >= 15 is 0 Å². The summed E-state index contributed by atoms with van der Waals surface area (Å²) in [7, 11) is 0. The lowest BCUT2D eigenvalue weighted by Gasteiger charge is -2.38. The van der Waals surface area contributed by atoms with E-state index < -0.39 is 30.1 Å². The maximum Gasteiger partial charge on any atom is 0.322 e. The van der Waals surface area contributed by atoms with E-state index in [1.807, 2.05) is 0 Å². The highest BCUT2D eigenvalue weighted by Gasteiger charge is 2.56. The zero-order valence-electron chi connectivity index (χ0n) is 10.9. The highest BCUT2D eigenvalue weighted by Crippen LogP contribution is 2.41. The topological polar surface area (TPSA) is 116 Å². The fourth-order valence-corrected chi connectivity index (χ4v) is 4.02. The Bertz CT molecular complexity index is 466. The van der Waals surface area contributed by atoms with Crippen molar-refractivity contribution in [1.82, 2.24) is 10.6 Å². The fraction of sp³-hybridized carbons (Fsp3) is 0.769. The van der Waals surface area contributed by atoms with Crippen LogP contribution in [0.5, 0.6) is 0 Å². The molecule has 110 valence electrons. The van der Waals surface area contributed by atoms with Crippen molar-refractivity contribution < 1.29 is 24.6 Å². The molecule has 0 spiro atoms. The summed E-state index contributed by atoms with van der Waals surface area (Å²) < 4.78 is 0. The summed E-state index contributed by atoms with van der Waals surface area (Å²) in [5, 5.41) is 24.0. The predicted molar refractivity (Wildman–Crippen MR) is 67.2 cm³/mol. The molecule has 2 aliphatic carbocycles. The van der Waals surface area contributed by atoms with Crippen LogP contribution in [0.25, 0.3) is 0 Å². The molecule has 0 aromatic rings. The number of carbonyl (C=O) groups is 3. The molecule has 7 heteroatoms. The van der Waals surface area contributed by atoms with Gasteiger partial charge in [0.2, 0.25) is 0 Å².